The predicted molar refractivity (Wildman–Crippen MR) is 80.1 cm³/mol. The lowest BCUT2D eigenvalue weighted by molar-refractivity contribution is 0.0374. The zero-order valence-electron chi connectivity index (χ0n) is 11.6. The summed E-state index contributed by atoms with van der Waals surface area (Å²) in [5.41, 5.74) is 1.16. The smallest absolute Gasteiger partial charge is 0.115 e. The summed E-state index contributed by atoms with van der Waals surface area (Å²) < 4.78 is 5.34. The first-order valence-electron chi connectivity index (χ1n) is 6.98. The van der Waals surface area contributed by atoms with Crippen molar-refractivity contribution in [1.29, 1.82) is 0 Å². The Kier molecular flexibility index (Phi) is 6.01. The summed E-state index contributed by atoms with van der Waals surface area (Å²) in [4.78, 5) is 3.77. The van der Waals surface area contributed by atoms with Crippen LogP contribution in [0.3, 0.4) is 0 Å². The third-order valence-corrected chi connectivity index (χ3v) is 4.65. The molecule has 1 saturated heterocycles. The number of aryl methyl sites for hydroxylation is 1. The molecule has 4 heteroatoms. The van der Waals surface area contributed by atoms with Gasteiger partial charge in [0, 0.05) is 18.0 Å². The molecule has 0 spiro atoms. The predicted octanol–water partition coefficient (Wildman–Crippen LogP) is 2.91. The van der Waals surface area contributed by atoms with E-state index in [-0.39, 0.29) is 0 Å². The molecule has 1 fully saturated rings. The van der Waals surface area contributed by atoms with Crippen LogP contribution in [0.4, 0.5) is 0 Å². The second kappa shape index (κ2) is 7.78. The molecule has 3 nitrogen and oxygen atoms in total. The molecule has 1 N–H and O–H groups in total. The molecule has 0 radical (unpaired) electrons. The lowest BCUT2D eigenvalue weighted by Gasteiger charge is -2.26. The van der Waals surface area contributed by atoms with E-state index in [0.29, 0.717) is 5.75 Å². The van der Waals surface area contributed by atoms with Crippen molar-refractivity contribution >= 4 is 11.8 Å². The summed E-state index contributed by atoms with van der Waals surface area (Å²) in [6.45, 7) is 7.20. The van der Waals surface area contributed by atoms with Crippen LogP contribution in [-0.2, 0) is 4.74 Å². The van der Waals surface area contributed by atoms with E-state index in [0.717, 1.165) is 37.6 Å². The topological polar surface area (TPSA) is 32.7 Å². The van der Waals surface area contributed by atoms with Gasteiger partial charge in [0.2, 0.25) is 0 Å². The molecule has 19 heavy (non-hydrogen) atoms. The van der Waals surface area contributed by atoms with Crippen molar-refractivity contribution in [2.24, 2.45) is 0 Å². The number of hydrogen-bond donors (Lipinski definition) is 1. The maximum Gasteiger partial charge on any atom is 0.115 e. The summed E-state index contributed by atoms with van der Waals surface area (Å²) in [5, 5.41) is 9.37. The number of morpholine rings is 1. The van der Waals surface area contributed by atoms with Crippen molar-refractivity contribution in [2.45, 2.75) is 24.7 Å². The number of benzene rings is 1. The van der Waals surface area contributed by atoms with Crippen molar-refractivity contribution in [1.82, 2.24) is 4.90 Å². The Labute approximate surface area is 120 Å². The van der Waals surface area contributed by atoms with Gasteiger partial charge in [-0.25, -0.2) is 0 Å². The maximum absolute atomic E-state index is 9.37. The standard InChI is InChI=1S/C15H23NO2S/c1-13-12-14(17)4-5-15(13)19-11-3-2-6-16-7-9-18-10-8-16/h4-5,12,17H,2-3,6-11H2,1H3. The Bertz CT molecular complexity index is 392. The minimum absolute atomic E-state index is 0.356. The summed E-state index contributed by atoms with van der Waals surface area (Å²) >= 11 is 1.89. The van der Waals surface area contributed by atoms with Crippen molar-refractivity contribution in [3.05, 3.63) is 23.8 Å². The molecule has 1 aliphatic rings. The Balaban J connectivity index is 1.61. The second-order valence-corrected chi connectivity index (χ2v) is 6.10. The number of hydrogen-bond acceptors (Lipinski definition) is 4. The molecular weight excluding hydrogens is 258 g/mol. The van der Waals surface area contributed by atoms with Gasteiger partial charge >= 0.3 is 0 Å². The van der Waals surface area contributed by atoms with Crippen LogP contribution in [0.15, 0.2) is 23.1 Å². The van der Waals surface area contributed by atoms with Crippen molar-refractivity contribution < 1.29 is 9.84 Å². The minimum Gasteiger partial charge on any atom is -0.508 e. The number of nitrogens with zero attached hydrogens (tertiary/aromatic N) is 1. The lowest BCUT2D eigenvalue weighted by Crippen LogP contribution is -2.36. The van der Waals surface area contributed by atoms with Gasteiger partial charge in [-0.05, 0) is 55.8 Å². The molecule has 1 heterocycles. The summed E-state index contributed by atoms with van der Waals surface area (Å²) in [6.07, 6.45) is 2.49. The van der Waals surface area contributed by atoms with Crippen LogP contribution in [0.2, 0.25) is 0 Å². The van der Waals surface area contributed by atoms with Crippen LogP contribution in [0, 0.1) is 6.92 Å². The monoisotopic (exact) mass is 281 g/mol. The minimum atomic E-state index is 0.356. The van der Waals surface area contributed by atoms with E-state index in [4.69, 9.17) is 4.74 Å². The fourth-order valence-electron chi connectivity index (χ4n) is 2.24. The molecular formula is C15H23NO2S. The van der Waals surface area contributed by atoms with E-state index < -0.39 is 0 Å². The number of rotatable bonds is 6. The van der Waals surface area contributed by atoms with E-state index in [2.05, 4.69) is 11.8 Å². The molecule has 1 aromatic carbocycles. The first-order valence-corrected chi connectivity index (χ1v) is 7.97. The Morgan fingerprint density at radius 1 is 1.26 bits per heavy atom. The first kappa shape index (κ1) is 14.7. The van der Waals surface area contributed by atoms with E-state index in [1.54, 1.807) is 6.07 Å². The summed E-state index contributed by atoms with van der Waals surface area (Å²) in [5.74, 6) is 1.50. The van der Waals surface area contributed by atoms with Gasteiger partial charge in [0.25, 0.3) is 0 Å². The molecule has 0 atom stereocenters. The number of phenolic OH excluding ortho intramolecular Hbond substituents is 1. The van der Waals surface area contributed by atoms with Crippen LogP contribution < -0.4 is 0 Å². The van der Waals surface area contributed by atoms with Gasteiger partial charge in [-0.1, -0.05) is 0 Å². The third kappa shape index (κ3) is 5.05. The van der Waals surface area contributed by atoms with Crippen molar-refractivity contribution in [2.75, 3.05) is 38.6 Å². The summed E-state index contributed by atoms with van der Waals surface area (Å²) in [6, 6.07) is 5.61. The van der Waals surface area contributed by atoms with Crippen LogP contribution in [-0.4, -0.2) is 48.6 Å². The number of unbranched alkanes of at least 4 members (excludes halogenated alkanes) is 1. The molecule has 0 unspecified atom stereocenters. The molecule has 1 aliphatic heterocycles. The molecule has 106 valence electrons. The zero-order chi connectivity index (χ0) is 13.5. The van der Waals surface area contributed by atoms with Crippen molar-refractivity contribution in [3.8, 4) is 5.75 Å². The highest BCUT2D eigenvalue weighted by atomic mass is 32.2. The van der Waals surface area contributed by atoms with E-state index in [1.165, 1.54) is 24.3 Å². The fourth-order valence-corrected chi connectivity index (χ4v) is 3.26. The molecule has 0 saturated carbocycles. The van der Waals surface area contributed by atoms with Gasteiger partial charge in [0.05, 0.1) is 13.2 Å². The number of phenols is 1. The van der Waals surface area contributed by atoms with Crippen LogP contribution >= 0.6 is 11.8 Å². The average molecular weight is 281 g/mol. The van der Waals surface area contributed by atoms with E-state index in [1.807, 2.05) is 23.9 Å². The van der Waals surface area contributed by atoms with Gasteiger partial charge in [-0.2, -0.15) is 0 Å². The maximum atomic E-state index is 9.37. The molecule has 0 amide bonds. The number of thioether (sulfide) groups is 1. The molecule has 2 rings (SSSR count). The van der Waals surface area contributed by atoms with Gasteiger partial charge in [0.15, 0.2) is 0 Å². The molecule has 1 aromatic rings. The van der Waals surface area contributed by atoms with Crippen LogP contribution in [0.5, 0.6) is 5.75 Å². The van der Waals surface area contributed by atoms with Crippen LogP contribution in [0.1, 0.15) is 18.4 Å². The SMILES string of the molecule is Cc1cc(O)ccc1SCCCCN1CCOCC1. The normalized spacial score (nSPS) is 16.7. The van der Waals surface area contributed by atoms with Gasteiger partial charge < -0.3 is 9.84 Å². The molecule has 0 bridgehead atoms. The van der Waals surface area contributed by atoms with Gasteiger partial charge in [-0.15, -0.1) is 11.8 Å². The summed E-state index contributed by atoms with van der Waals surface area (Å²) in [7, 11) is 0. The first-order chi connectivity index (χ1) is 9.25. The largest absolute Gasteiger partial charge is 0.508 e. The number of aromatic hydroxyl groups is 1. The third-order valence-electron chi connectivity index (χ3n) is 3.39. The number of ether oxygens (including phenoxy) is 1. The zero-order valence-corrected chi connectivity index (χ0v) is 12.4. The highest BCUT2D eigenvalue weighted by Gasteiger charge is 2.09. The second-order valence-electron chi connectivity index (χ2n) is 4.96. The average Bonchev–Trinajstić information content (AvgIpc) is 2.42. The lowest BCUT2D eigenvalue weighted by atomic mass is 10.2. The molecule has 0 aromatic heterocycles. The van der Waals surface area contributed by atoms with Crippen LogP contribution in [0.25, 0.3) is 0 Å². The highest BCUT2D eigenvalue weighted by Crippen LogP contribution is 2.26. The Morgan fingerprint density at radius 2 is 2.05 bits per heavy atom. The Hall–Kier alpha value is -0.710. The van der Waals surface area contributed by atoms with E-state index in [9.17, 15) is 5.11 Å². The van der Waals surface area contributed by atoms with Gasteiger partial charge in [0.1, 0.15) is 5.75 Å². The fraction of sp³-hybridized carbons (Fsp3) is 0.600. The Morgan fingerprint density at radius 3 is 2.79 bits per heavy atom. The quantitative estimate of drug-likeness (QED) is 0.642. The van der Waals surface area contributed by atoms with Crippen molar-refractivity contribution in [3.63, 3.8) is 0 Å². The highest BCUT2D eigenvalue weighted by molar-refractivity contribution is 7.99. The van der Waals surface area contributed by atoms with E-state index >= 15 is 0 Å². The molecule has 0 aliphatic carbocycles. The van der Waals surface area contributed by atoms with Gasteiger partial charge in [-0.3, -0.25) is 4.90 Å².